The van der Waals surface area contributed by atoms with Crippen molar-refractivity contribution in [3.8, 4) is 17.3 Å². The lowest BCUT2D eigenvalue weighted by Gasteiger charge is -2.22. The Morgan fingerprint density at radius 2 is 2.04 bits per heavy atom. The number of aromatic nitrogens is 2. The molecule has 0 spiro atoms. The Bertz CT molecular complexity index is 758. The van der Waals surface area contributed by atoms with Crippen LogP contribution in [0, 0.1) is 11.3 Å². The molecular formula is C18H20N4O2. The molecule has 0 radical (unpaired) electrons. The van der Waals surface area contributed by atoms with Gasteiger partial charge in [-0.2, -0.15) is 5.26 Å². The van der Waals surface area contributed by atoms with Gasteiger partial charge in [-0.05, 0) is 52.0 Å². The minimum Gasteiger partial charge on any atom is -0.444 e. The van der Waals surface area contributed by atoms with Crippen LogP contribution in [0.4, 0.5) is 4.79 Å². The van der Waals surface area contributed by atoms with E-state index in [4.69, 9.17) is 10.00 Å². The number of hydrogen-bond acceptors (Lipinski definition) is 5. The highest BCUT2D eigenvalue weighted by atomic mass is 16.6. The largest absolute Gasteiger partial charge is 0.444 e. The molecule has 2 aromatic heterocycles. The van der Waals surface area contributed by atoms with Gasteiger partial charge in [-0.3, -0.25) is 9.97 Å². The monoisotopic (exact) mass is 324 g/mol. The van der Waals surface area contributed by atoms with Crippen molar-refractivity contribution in [1.29, 1.82) is 5.26 Å². The van der Waals surface area contributed by atoms with E-state index in [-0.39, 0.29) is 6.04 Å². The molecule has 124 valence electrons. The van der Waals surface area contributed by atoms with Crippen LogP contribution in [-0.4, -0.2) is 21.7 Å². The van der Waals surface area contributed by atoms with E-state index < -0.39 is 11.7 Å². The van der Waals surface area contributed by atoms with Crippen molar-refractivity contribution in [2.45, 2.75) is 39.3 Å². The molecule has 0 unspecified atom stereocenters. The van der Waals surface area contributed by atoms with E-state index in [0.29, 0.717) is 17.0 Å². The van der Waals surface area contributed by atoms with Gasteiger partial charge in [0.25, 0.3) is 0 Å². The van der Waals surface area contributed by atoms with Crippen molar-refractivity contribution in [2.75, 3.05) is 0 Å². The average Bonchev–Trinajstić information content (AvgIpc) is 2.53. The van der Waals surface area contributed by atoms with Gasteiger partial charge >= 0.3 is 6.09 Å². The molecule has 0 saturated carbocycles. The number of nitrogens with one attached hydrogen (secondary N) is 1. The summed E-state index contributed by atoms with van der Waals surface area (Å²) in [5.74, 6) is 0. The standard InChI is InChI=1S/C18H20N4O2/c1-12(22-17(23)24-18(2,3)4)16-14(6-5-9-20-16)15-8-7-13(10-19)11-21-15/h5-9,11-12H,1-4H3,(H,22,23)/t12-/m0/s1. The molecule has 0 aromatic carbocycles. The third-order valence-electron chi connectivity index (χ3n) is 3.15. The fourth-order valence-electron chi connectivity index (χ4n) is 2.15. The van der Waals surface area contributed by atoms with Gasteiger partial charge in [0, 0.05) is 18.0 Å². The molecule has 0 aliphatic rings. The summed E-state index contributed by atoms with van der Waals surface area (Å²) in [7, 11) is 0. The molecule has 1 N–H and O–H groups in total. The van der Waals surface area contributed by atoms with Gasteiger partial charge in [-0.1, -0.05) is 0 Å². The third kappa shape index (κ3) is 4.53. The highest BCUT2D eigenvalue weighted by Gasteiger charge is 2.20. The predicted octanol–water partition coefficient (Wildman–Crippen LogP) is 3.60. The Kier molecular flexibility index (Phi) is 5.14. The Morgan fingerprint density at radius 3 is 2.62 bits per heavy atom. The number of nitrogens with zero attached hydrogens (tertiary/aromatic N) is 3. The average molecular weight is 324 g/mol. The van der Waals surface area contributed by atoms with E-state index in [2.05, 4.69) is 15.3 Å². The summed E-state index contributed by atoms with van der Waals surface area (Å²) in [6.45, 7) is 7.26. The fraction of sp³-hybridized carbons (Fsp3) is 0.333. The molecule has 0 bridgehead atoms. The highest BCUT2D eigenvalue weighted by molar-refractivity contribution is 5.70. The number of rotatable bonds is 3. The molecular weight excluding hydrogens is 304 g/mol. The van der Waals surface area contributed by atoms with Gasteiger partial charge < -0.3 is 10.1 Å². The van der Waals surface area contributed by atoms with Gasteiger partial charge in [0.15, 0.2) is 0 Å². The number of alkyl carbamates (subject to hydrolysis) is 1. The zero-order chi connectivity index (χ0) is 17.7. The molecule has 6 heteroatoms. The number of nitriles is 1. The van der Waals surface area contributed by atoms with Crippen LogP contribution in [0.1, 0.15) is 45.0 Å². The molecule has 2 heterocycles. The van der Waals surface area contributed by atoms with Crippen LogP contribution in [-0.2, 0) is 4.74 Å². The maximum atomic E-state index is 12.0. The smallest absolute Gasteiger partial charge is 0.408 e. The van der Waals surface area contributed by atoms with Crippen molar-refractivity contribution >= 4 is 6.09 Å². The maximum absolute atomic E-state index is 12.0. The van der Waals surface area contributed by atoms with Gasteiger partial charge in [0.2, 0.25) is 0 Å². The number of pyridine rings is 2. The second-order valence-corrected chi connectivity index (χ2v) is 6.35. The molecule has 0 saturated heterocycles. The molecule has 0 aliphatic carbocycles. The number of ether oxygens (including phenoxy) is 1. The van der Waals surface area contributed by atoms with Crippen LogP contribution in [0.2, 0.25) is 0 Å². The molecule has 1 atom stereocenters. The van der Waals surface area contributed by atoms with Crippen LogP contribution >= 0.6 is 0 Å². The van der Waals surface area contributed by atoms with Gasteiger partial charge in [0.05, 0.1) is 23.0 Å². The maximum Gasteiger partial charge on any atom is 0.408 e. The van der Waals surface area contributed by atoms with Crippen LogP contribution in [0.25, 0.3) is 11.3 Å². The molecule has 24 heavy (non-hydrogen) atoms. The third-order valence-corrected chi connectivity index (χ3v) is 3.15. The summed E-state index contributed by atoms with van der Waals surface area (Å²) in [5, 5.41) is 11.7. The number of carbonyl (C=O) groups is 1. The fourth-order valence-corrected chi connectivity index (χ4v) is 2.15. The van der Waals surface area contributed by atoms with Crippen molar-refractivity contribution in [1.82, 2.24) is 15.3 Å². The second-order valence-electron chi connectivity index (χ2n) is 6.35. The number of carbonyl (C=O) groups excluding carboxylic acids is 1. The summed E-state index contributed by atoms with van der Waals surface area (Å²) in [5.41, 5.74) is 2.09. The van der Waals surface area contributed by atoms with E-state index >= 15 is 0 Å². The summed E-state index contributed by atoms with van der Waals surface area (Å²) in [4.78, 5) is 20.6. The summed E-state index contributed by atoms with van der Waals surface area (Å²) in [6.07, 6.45) is 2.67. The van der Waals surface area contributed by atoms with Gasteiger partial charge in [0.1, 0.15) is 11.7 Å². The van der Waals surface area contributed by atoms with Crippen molar-refractivity contribution in [3.05, 3.63) is 47.9 Å². The zero-order valence-corrected chi connectivity index (χ0v) is 14.2. The second kappa shape index (κ2) is 7.09. The van der Waals surface area contributed by atoms with Crippen molar-refractivity contribution in [2.24, 2.45) is 0 Å². The Hall–Kier alpha value is -2.94. The molecule has 2 rings (SSSR count). The Morgan fingerprint density at radius 1 is 1.29 bits per heavy atom. The van der Waals surface area contributed by atoms with E-state index in [1.54, 1.807) is 24.4 Å². The van der Waals surface area contributed by atoms with Gasteiger partial charge in [-0.25, -0.2) is 4.79 Å². The predicted molar refractivity (Wildman–Crippen MR) is 90.0 cm³/mol. The highest BCUT2D eigenvalue weighted by Crippen LogP contribution is 2.25. The lowest BCUT2D eigenvalue weighted by atomic mass is 10.0. The van der Waals surface area contributed by atoms with Gasteiger partial charge in [-0.15, -0.1) is 0 Å². The van der Waals surface area contributed by atoms with E-state index in [1.165, 1.54) is 6.20 Å². The molecule has 2 aromatic rings. The first-order valence-corrected chi connectivity index (χ1v) is 7.61. The first kappa shape index (κ1) is 17.4. The minimum atomic E-state index is -0.564. The lowest BCUT2D eigenvalue weighted by molar-refractivity contribution is 0.0507. The molecule has 6 nitrogen and oxygen atoms in total. The lowest BCUT2D eigenvalue weighted by Crippen LogP contribution is -2.34. The number of hydrogen-bond donors (Lipinski definition) is 1. The first-order valence-electron chi connectivity index (χ1n) is 7.61. The topological polar surface area (TPSA) is 87.9 Å². The van der Waals surface area contributed by atoms with Crippen LogP contribution in [0.15, 0.2) is 36.7 Å². The van der Waals surface area contributed by atoms with Crippen LogP contribution in [0.3, 0.4) is 0 Å². The SMILES string of the molecule is C[C@H](NC(=O)OC(C)(C)C)c1ncccc1-c1ccc(C#N)cn1. The summed E-state index contributed by atoms with van der Waals surface area (Å²) < 4.78 is 5.28. The Labute approximate surface area is 141 Å². The zero-order valence-electron chi connectivity index (χ0n) is 14.2. The summed E-state index contributed by atoms with van der Waals surface area (Å²) >= 11 is 0. The first-order chi connectivity index (χ1) is 11.3. The van der Waals surface area contributed by atoms with E-state index in [1.807, 2.05) is 39.8 Å². The van der Waals surface area contributed by atoms with Crippen LogP contribution in [0.5, 0.6) is 0 Å². The van der Waals surface area contributed by atoms with E-state index in [9.17, 15) is 4.79 Å². The quantitative estimate of drug-likeness (QED) is 0.932. The summed E-state index contributed by atoms with van der Waals surface area (Å²) in [6, 6.07) is 8.83. The minimum absolute atomic E-state index is 0.353. The van der Waals surface area contributed by atoms with Crippen molar-refractivity contribution < 1.29 is 9.53 Å². The van der Waals surface area contributed by atoms with Crippen molar-refractivity contribution in [3.63, 3.8) is 0 Å². The molecule has 0 fully saturated rings. The van der Waals surface area contributed by atoms with Crippen LogP contribution < -0.4 is 5.32 Å². The van der Waals surface area contributed by atoms with E-state index in [0.717, 1.165) is 5.56 Å². The Balaban J connectivity index is 2.24. The molecule has 0 aliphatic heterocycles. The normalized spacial score (nSPS) is 12.1. The molecule has 1 amide bonds. The number of amides is 1.